The molecule has 84 valence electrons. The fourth-order valence-electron chi connectivity index (χ4n) is 1.18. The molecule has 3 N–H and O–H groups in total. The molecule has 0 radical (unpaired) electrons. The van der Waals surface area contributed by atoms with E-state index in [2.05, 4.69) is 0 Å². The van der Waals surface area contributed by atoms with Crippen LogP contribution in [0.15, 0.2) is 29.2 Å². The Morgan fingerprint density at radius 1 is 1.47 bits per heavy atom. The van der Waals surface area contributed by atoms with E-state index < -0.39 is 0 Å². The second kappa shape index (κ2) is 6.71. The van der Waals surface area contributed by atoms with Gasteiger partial charge >= 0.3 is 0 Å². The smallest absolute Gasteiger partial charge is 0.132 e. The summed E-state index contributed by atoms with van der Waals surface area (Å²) in [5.41, 5.74) is 5.80. The van der Waals surface area contributed by atoms with E-state index in [1.165, 1.54) is 0 Å². The average molecular weight is 227 g/mol. The van der Waals surface area contributed by atoms with E-state index in [0.29, 0.717) is 6.42 Å². The molecule has 0 saturated carbocycles. The molecule has 0 fully saturated rings. The van der Waals surface area contributed by atoms with Gasteiger partial charge in [0.25, 0.3) is 0 Å². The third-order valence-corrected chi connectivity index (χ3v) is 3.26. The van der Waals surface area contributed by atoms with Crippen LogP contribution in [0.5, 0.6) is 5.75 Å². The molecule has 4 heteroatoms. The summed E-state index contributed by atoms with van der Waals surface area (Å²) in [4.78, 5) is 1.09. The minimum absolute atomic E-state index is 0.0323. The number of hydrogen-bond donors (Lipinski definition) is 2. The third-order valence-electron chi connectivity index (χ3n) is 2.02. The van der Waals surface area contributed by atoms with E-state index in [1.807, 2.05) is 24.3 Å². The molecule has 0 amide bonds. The van der Waals surface area contributed by atoms with Crippen molar-refractivity contribution >= 4 is 11.8 Å². The maximum Gasteiger partial charge on any atom is 0.132 e. The van der Waals surface area contributed by atoms with Crippen molar-refractivity contribution < 1.29 is 9.84 Å². The Kier molecular flexibility index (Phi) is 5.53. The van der Waals surface area contributed by atoms with Crippen LogP contribution in [0.1, 0.15) is 6.42 Å². The molecule has 0 saturated heterocycles. The van der Waals surface area contributed by atoms with Crippen LogP contribution >= 0.6 is 11.8 Å². The number of methoxy groups -OCH3 is 1. The molecule has 0 aliphatic heterocycles. The Bertz CT molecular complexity index is 294. The van der Waals surface area contributed by atoms with Crippen molar-refractivity contribution in [2.45, 2.75) is 17.4 Å². The van der Waals surface area contributed by atoms with Gasteiger partial charge in [0, 0.05) is 23.3 Å². The minimum atomic E-state index is 0.0323. The van der Waals surface area contributed by atoms with Gasteiger partial charge in [-0.1, -0.05) is 12.1 Å². The largest absolute Gasteiger partial charge is 0.496 e. The molecule has 0 spiro atoms. The van der Waals surface area contributed by atoms with Crippen molar-refractivity contribution in [3.8, 4) is 5.75 Å². The van der Waals surface area contributed by atoms with E-state index in [1.54, 1.807) is 18.9 Å². The molecule has 0 aromatic heterocycles. The zero-order valence-corrected chi connectivity index (χ0v) is 9.67. The first-order valence-corrected chi connectivity index (χ1v) is 5.88. The highest BCUT2D eigenvalue weighted by molar-refractivity contribution is 7.99. The van der Waals surface area contributed by atoms with Crippen molar-refractivity contribution in [1.82, 2.24) is 0 Å². The molecule has 0 bridgehead atoms. The van der Waals surface area contributed by atoms with Gasteiger partial charge in [-0.05, 0) is 18.6 Å². The average Bonchev–Trinajstić information content (AvgIpc) is 2.27. The first-order chi connectivity index (χ1) is 7.27. The van der Waals surface area contributed by atoms with Crippen molar-refractivity contribution in [1.29, 1.82) is 0 Å². The van der Waals surface area contributed by atoms with E-state index in [0.717, 1.165) is 16.4 Å². The summed E-state index contributed by atoms with van der Waals surface area (Å²) in [5.74, 6) is 1.67. The summed E-state index contributed by atoms with van der Waals surface area (Å²) < 4.78 is 5.23. The summed E-state index contributed by atoms with van der Waals surface area (Å²) in [5, 5.41) is 8.72. The molecule has 1 aromatic carbocycles. The number of ether oxygens (including phenoxy) is 1. The molecule has 1 unspecified atom stereocenters. The highest BCUT2D eigenvalue weighted by atomic mass is 32.2. The predicted molar refractivity (Wildman–Crippen MR) is 63.4 cm³/mol. The van der Waals surface area contributed by atoms with Gasteiger partial charge in [0.05, 0.1) is 7.11 Å². The molecule has 1 atom stereocenters. The number of benzene rings is 1. The summed E-state index contributed by atoms with van der Waals surface area (Å²) in [6.07, 6.45) is 0.641. The predicted octanol–water partition coefficient (Wildman–Crippen LogP) is 1.50. The Morgan fingerprint density at radius 3 is 2.87 bits per heavy atom. The highest BCUT2D eigenvalue weighted by Gasteiger charge is 2.06. The normalized spacial score (nSPS) is 12.5. The van der Waals surface area contributed by atoms with Crippen LogP contribution in [0.2, 0.25) is 0 Å². The van der Waals surface area contributed by atoms with Crippen molar-refractivity contribution in [2.75, 3.05) is 19.5 Å². The van der Waals surface area contributed by atoms with Gasteiger partial charge in [-0.25, -0.2) is 0 Å². The molecule has 0 heterocycles. The van der Waals surface area contributed by atoms with Crippen LogP contribution in [-0.2, 0) is 0 Å². The van der Waals surface area contributed by atoms with Crippen LogP contribution in [0, 0.1) is 0 Å². The fraction of sp³-hybridized carbons (Fsp3) is 0.455. The molecule has 3 nitrogen and oxygen atoms in total. The van der Waals surface area contributed by atoms with E-state index in [9.17, 15) is 0 Å². The molecule has 0 aliphatic carbocycles. The number of hydrogen-bond acceptors (Lipinski definition) is 4. The zero-order valence-electron chi connectivity index (χ0n) is 8.85. The van der Waals surface area contributed by atoms with Crippen molar-refractivity contribution in [3.05, 3.63) is 24.3 Å². The lowest BCUT2D eigenvalue weighted by Crippen LogP contribution is -2.23. The number of thioether (sulfide) groups is 1. The van der Waals surface area contributed by atoms with Crippen LogP contribution < -0.4 is 10.5 Å². The molecule has 15 heavy (non-hydrogen) atoms. The Hall–Kier alpha value is -0.710. The van der Waals surface area contributed by atoms with Crippen LogP contribution in [0.25, 0.3) is 0 Å². The van der Waals surface area contributed by atoms with Crippen molar-refractivity contribution in [3.63, 3.8) is 0 Å². The molecular formula is C11H17NO2S. The van der Waals surface area contributed by atoms with Gasteiger partial charge < -0.3 is 15.6 Å². The lowest BCUT2D eigenvalue weighted by atomic mass is 10.3. The second-order valence-corrected chi connectivity index (χ2v) is 4.30. The number of para-hydroxylation sites is 1. The summed E-state index contributed by atoms with van der Waals surface area (Å²) >= 11 is 1.66. The third kappa shape index (κ3) is 4.11. The highest BCUT2D eigenvalue weighted by Crippen LogP contribution is 2.28. The van der Waals surface area contributed by atoms with Crippen LogP contribution in [0.4, 0.5) is 0 Å². The quantitative estimate of drug-likeness (QED) is 0.723. The summed E-state index contributed by atoms with van der Waals surface area (Å²) in [6.45, 7) is 0.146. The lowest BCUT2D eigenvalue weighted by molar-refractivity contribution is 0.279. The maximum absolute atomic E-state index is 8.72. The summed E-state index contributed by atoms with van der Waals surface area (Å²) in [6, 6.07) is 7.89. The van der Waals surface area contributed by atoms with Crippen LogP contribution in [-0.4, -0.2) is 30.6 Å². The van der Waals surface area contributed by atoms with Crippen molar-refractivity contribution in [2.24, 2.45) is 5.73 Å². The first kappa shape index (κ1) is 12.4. The van der Waals surface area contributed by atoms with E-state index >= 15 is 0 Å². The van der Waals surface area contributed by atoms with E-state index in [-0.39, 0.29) is 12.6 Å². The topological polar surface area (TPSA) is 55.5 Å². The number of nitrogens with two attached hydrogens (primary N) is 1. The molecule has 0 aliphatic rings. The maximum atomic E-state index is 8.72. The Balaban J connectivity index is 2.49. The Morgan fingerprint density at radius 2 is 2.20 bits per heavy atom. The first-order valence-electron chi connectivity index (χ1n) is 4.90. The van der Waals surface area contributed by atoms with Gasteiger partial charge in [-0.3, -0.25) is 0 Å². The monoisotopic (exact) mass is 227 g/mol. The molecular weight excluding hydrogens is 210 g/mol. The fourth-order valence-corrected chi connectivity index (χ4v) is 2.21. The zero-order chi connectivity index (χ0) is 11.1. The number of aliphatic hydroxyl groups is 1. The van der Waals surface area contributed by atoms with Gasteiger partial charge in [-0.15, -0.1) is 11.8 Å². The van der Waals surface area contributed by atoms with Gasteiger partial charge in [0.1, 0.15) is 5.75 Å². The number of rotatable bonds is 6. The van der Waals surface area contributed by atoms with Gasteiger partial charge in [0.2, 0.25) is 0 Å². The van der Waals surface area contributed by atoms with Gasteiger partial charge in [0.15, 0.2) is 0 Å². The molecule has 1 aromatic rings. The second-order valence-electron chi connectivity index (χ2n) is 3.23. The number of aliphatic hydroxyl groups excluding tert-OH is 1. The molecule has 1 rings (SSSR count). The van der Waals surface area contributed by atoms with E-state index in [4.69, 9.17) is 15.6 Å². The SMILES string of the molecule is COc1ccccc1SCC(N)CCO. The minimum Gasteiger partial charge on any atom is -0.496 e. The standard InChI is InChI=1S/C11H17NO2S/c1-14-10-4-2-3-5-11(10)15-8-9(12)6-7-13/h2-5,9,13H,6-8,12H2,1H3. The summed E-state index contributed by atoms with van der Waals surface area (Å²) in [7, 11) is 1.66. The Labute approximate surface area is 94.6 Å². The lowest BCUT2D eigenvalue weighted by Gasteiger charge is -2.11. The van der Waals surface area contributed by atoms with Gasteiger partial charge in [-0.2, -0.15) is 0 Å². The van der Waals surface area contributed by atoms with Crippen LogP contribution in [0.3, 0.4) is 0 Å².